The lowest BCUT2D eigenvalue weighted by Gasteiger charge is -2.63. The van der Waals surface area contributed by atoms with Crippen LogP contribution in [-0.4, -0.2) is 28.2 Å². The summed E-state index contributed by atoms with van der Waals surface area (Å²) in [5.41, 5.74) is -0.612. The van der Waals surface area contributed by atoms with Gasteiger partial charge < -0.3 is 10.2 Å². The van der Waals surface area contributed by atoms with Crippen LogP contribution in [0.25, 0.3) is 0 Å². The van der Waals surface area contributed by atoms with Gasteiger partial charge in [0.1, 0.15) is 5.78 Å². The summed E-state index contributed by atoms with van der Waals surface area (Å²) in [5.74, 6) is 1.81. The van der Waals surface area contributed by atoms with Crippen LogP contribution in [-0.2, 0) is 4.79 Å². The molecule has 2 bridgehead atoms. The average molecular weight is 320 g/mol. The van der Waals surface area contributed by atoms with Crippen molar-refractivity contribution >= 4 is 5.78 Å². The maximum Gasteiger partial charge on any atom is 0.138 e. The van der Waals surface area contributed by atoms with E-state index in [4.69, 9.17) is 0 Å². The molecule has 0 aromatic rings. The highest BCUT2D eigenvalue weighted by atomic mass is 16.3. The molecule has 0 radical (unpaired) electrons. The third-order valence-corrected chi connectivity index (χ3v) is 8.89. The van der Waals surface area contributed by atoms with Gasteiger partial charge in [0, 0.05) is 11.8 Å². The van der Waals surface area contributed by atoms with Gasteiger partial charge in [-0.2, -0.15) is 0 Å². The summed E-state index contributed by atoms with van der Waals surface area (Å²) < 4.78 is 0. The molecule has 0 saturated heterocycles. The number of Topliss-reactive ketones (excluding diaryl/α,β-unsaturated/α-hetero) is 1. The summed E-state index contributed by atoms with van der Waals surface area (Å²) in [6, 6.07) is 0. The first-order valence-electron chi connectivity index (χ1n) is 9.55. The van der Waals surface area contributed by atoms with Crippen LogP contribution in [0.4, 0.5) is 0 Å². The molecule has 0 heterocycles. The molecule has 0 aromatic heterocycles. The molecule has 23 heavy (non-hydrogen) atoms. The van der Waals surface area contributed by atoms with Crippen LogP contribution in [0.3, 0.4) is 0 Å². The molecule has 0 aliphatic heterocycles. The van der Waals surface area contributed by atoms with E-state index in [-0.39, 0.29) is 28.8 Å². The van der Waals surface area contributed by atoms with Crippen LogP contribution in [0, 0.1) is 34.0 Å². The highest BCUT2D eigenvalue weighted by Crippen LogP contribution is 2.72. The number of hydrogen-bond acceptors (Lipinski definition) is 3. The zero-order chi connectivity index (χ0) is 16.7. The zero-order valence-corrected chi connectivity index (χ0v) is 14.9. The minimum Gasteiger partial charge on any atom is -0.393 e. The van der Waals surface area contributed by atoms with E-state index >= 15 is 0 Å². The van der Waals surface area contributed by atoms with Crippen LogP contribution in [0.2, 0.25) is 0 Å². The van der Waals surface area contributed by atoms with Gasteiger partial charge in [-0.3, -0.25) is 4.79 Å². The molecule has 4 fully saturated rings. The topological polar surface area (TPSA) is 57.5 Å². The van der Waals surface area contributed by atoms with Gasteiger partial charge in [-0.15, -0.1) is 0 Å². The Morgan fingerprint density at radius 2 is 1.83 bits per heavy atom. The molecule has 0 amide bonds. The Hall–Kier alpha value is -0.410. The highest BCUT2D eigenvalue weighted by Gasteiger charge is 2.67. The molecule has 1 spiro atoms. The normalized spacial score (nSPS) is 54.5. The van der Waals surface area contributed by atoms with Gasteiger partial charge in [0.25, 0.3) is 0 Å². The number of ketones is 1. The molecule has 4 rings (SSSR count). The summed E-state index contributed by atoms with van der Waals surface area (Å²) in [5, 5.41) is 20.7. The number of carbonyl (C=O) groups is 1. The molecule has 4 aliphatic carbocycles. The Morgan fingerprint density at radius 1 is 1.09 bits per heavy atom. The number of aliphatic hydroxyl groups excluding tert-OH is 1. The van der Waals surface area contributed by atoms with Crippen LogP contribution < -0.4 is 0 Å². The minimum absolute atomic E-state index is 0.0870. The standard InChI is InChI=1S/C20H32O3/c1-17(2)14-6-9-19-10-13(20(23,11-19)12-21)4-5-15(19)18(14,3)8-7-16(17)22/h13-15,21,23H,4-12H2,1-3H3/t13?,14-,15+,18-,19+,20-/m1/s1. The molecule has 0 aromatic carbocycles. The van der Waals surface area contributed by atoms with E-state index in [9.17, 15) is 15.0 Å². The van der Waals surface area contributed by atoms with Gasteiger partial charge in [0.15, 0.2) is 0 Å². The third-order valence-electron chi connectivity index (χ3n) is 8.89. The van der Waals surface area contributed by atoms with Gasteiger partial charge in [-0.25, -0.2) is 0 Å². The minimum atomic E-state index is -0.849. The second kappa shape index (κ2) is 4.60. The van der Waals surface area contributed by atoms with Crippen molar-refractivity contribution in [2.45, 2.75) is 77.7 Å². The summed E-state index contributed by atoms with van der Waals surface area (Å²) >= 11 is 0. The molecule has 1 unspecified atom stereocenters. The van der Waals surface area contributed by atoms with E-state index in [1.807, 2.05) is 0 Å². The molecule has 4 aliphatic rings. The maximum absolute atomic E-state index is 12.5. The number of fused-ring (bicyclic) bond motifs is 3. The lowest BCUT2D eigenvalue weighted by Crippen LogP contribution is -2.58. The van der Waals surface area contributed by atoms with Crippen molar-refractivity contribution in [3.05, 3.63) is 0 Å². The van der Waals surface area contributed by atoms with Gasteiger partial charge in [0.2, 0.25) is 0 Å². The van der Waals surface area contributed by atoms with Gasteiger partial charge in [-0.1, -0.05) is 20.8 Å². The average Bonchev–Trinajstić information content (AvgIpc) is 2.70. The van der Waals surface area contributed by atoms with Crippen LogP contribution in [0.1, 0.15) is 72.1 Å². The molecular formula is C20H32O3. The molecule has 3 nitrogen and oxygen atoms in total. The summed E-state index contributed by atoms with van der Waals surface area (Å²) in [6.45, 7) is 6.68. The van der Waals surface area contributed by atoms with E-state index in [1.165, 1.54) is 6.42 Å². The van der Waals surface area contributed by atoms with E-state index in [0.717, 1.165) is 44.9 Å². The third kappa shape index (κ3) is 1.87. The van der Waals surface area contributed by atoms with Crippen molar-refractivity contribution in [2.75, 3.05) is 6.61 Å². The van der Waals surface area contributed by atoms with E-state index in [2.05, 4.69) is 20.8 Å². The summed E-state index contributed by atoms with van der Waals surface area (Å²) in [7, 11) is 0. The monoisotopic (exact) mass is 320 g/mol. The van der Waals surface area contributed by atoms with Crippen molar-refractivity contribution in [1.82, 2.24) is 0 Å². The quantitative estimate of drug-likeness (QED) is 0.779. The fourth-order valence-corrected chi connectivity index (χ4v) is 7.83. The first-order valence-corrected chi connectivity index (χ1v) is 9.55. The smallest absolute Gasteiger partial charge is 0.138 e. The first-order chi connectivity index (χ1) is 10.7. The Morgan fingerprint density at radius 3 is 2.52 bits per heavy atom. The van der Waals surface area contributed by atoms with Crippen molar-refractivity contribution in [3.8, 4) is 0 Å². The number of aliphatic hydroxyl groups is 2. The van der Waals surface area contributed by atoms with Crippen LogP contribution >= 0.6 is 0 Å². The Labute approximate surface area is 139 Å². The van der Waals surface area contributed by atoms with E-state index in [1.54, 1.807) is 0 Å². The molecule has 2 N–H and O–H groups in total. The highest BCUT2D eigenvalue weighted by molar-refractivity contribution is 5.85. The fraction of sp³-hybridized carbons (Fsp3) is 0.950. The molecular weight excluding hydrogens is 288 g/mol. The van der Waals surface area contributed by atoms with Crippen LogP contribution in [0.5, 0.6) is 0 Å². The lowest BCUT2D eigenvalue weighted by molar-refractivity contribution is -0.165. The van der Waals surface area contributed by atoms with Gasteiger partial charge in [0.05, 0.1) is 12.2 Å². The second-order valence-electron chi connectivity index (χ2n) is 10.1. The van der Waals surface area contributed by atoms with E-state index in [0.29, 0.717) is 17.6 Å². The van der Waals surface area contributed by atoms with Crippen molar-refractivity contribution in [3.63, 3.8) is 0 Å². The number of rotatable bonds is 1. The Bertz CT molecular complexity index is 541. The number of hydrogen-bond donors (Lipinski definition) is 2. The number of carbonyl (C=O) groups excluding carboxylic acids is 1. The van der Waals surface area contributed by atoms with Crippen LogP contribution in [0.15, 0.2) is 0 Å². The molecule has 6 atom stereocenters. The summed E-state index contributed by atoms with van der Waals surface area (Å²) in [4.78, 5) is 12.5. The van der Waals surface area contributed by atoms with Gasteiger partial charge in [-0.05, 0) is 73.5 Å². The molecule has 130 valence electrons. The predicted molar refractivity (Wildman–Crippen MR) is 88.8 cm³/mol. The fourth-order valence-electron chi connectivity index (χ4n) is 7.83. The first kappa shape index (κ1) is 16.1. The summed E-state index contributed by atoms with van der Waals surface area (Å²) in [6.07, 6.45) is 8.07. The Balaban J connectivity index is 1.73. The molecule has 4 saturated carbocycles. The van der Waals surface area contributed by atoms with Gasteiger partial charge >= 0.3 is 0 Å². The predicted octanol–water partition coefficient (Wildman–Crippen LogP) is 3.32. The van der Waals surface area contributed by atoms with E-state index < -0.39 is 5.60 Å². The molecule has 3 heteroatoms. The zero-order valence-electron chi connectivity index (χ0n) is 14.9. The van der Waals surface area contributed by atoms with Crippen molar-refractivity contribution in [2.24, 2.45) is 34.0 Å². The lowest BCUT2D eigenvalue weighted by atomic mass is 9.41. The van der Waals surface area contributed by atoms with Crippen molar-refractivity contribution in [1.29, 1.82) is 0 Å². The SMILES string of the molecule is CC1(C)C(=O)CC[C@]2(C)[C@@H]1CC[C@@]13CC(CC[C@H]12)[C@](O)(CO)C3. The largest absolute Gasteiger partial charge is 0.393 e. The maximum atomic E-state index is 12.5. The Kier molecular flexibility index (Phi) is 3.22. The van der Waals surface area contributed by atoms with Crippen molar-refractivity contribution < 1.29 is 15.0 Å². The second-order valence-corrected chi connectivity index (χ2v) is 10.1.